The van der Waals surface area contributed by atoms with Crippen LogP contribution in [-0.2, 0) is 9.53 Å². The first-order valence-corrected chi connectivity index (χ1v) is 3.48. The molecule has 0 saturated heterocycles. The Morgan fingerprint density at radius 1 is 1.38 bits per heavy atom. The van der Waals surface area contributed by atoms with Gasteiger partial charge in [0.05, 0.1) is 11.8 Å². The third kappa shape index (κ3) is 5.69. The number of rotatable bonds is 5. The molecule has 0 unspecified atom stereocenters. The highest BCUT2D eigenvalue weighted by atomic mass is 16.5. The van der Waals surface area contributed by atoms with Gasteiger partial charge in [-0.15, -0.1) is 6.58 Å². The second kappa shape index (κ2) is 8.55. The van der Waals surface area contributed by atoms with E-state index in [1.165, 1.54) is 12.2 Å². The van der Waals surface area contributed by atoms with Crippen molar-refractivity contribution in [3.05, 3.63) is 37.1 Å². The van der Waals surface area contributed by atoms with Crippen LogP contribution >= 0.6 is 0 Å². The first-order chi connectivity index (χ1) is 5.76. The van der Waals surface area contributed by atoms with E-state index in [9.17, 15) is 4.79 Å². The number of ether oxygens (including phenoxy) is 1. The van der Waals surface area contributed by atoms with Gasteiger partial charge in [-0.1, -0.05) is 18.7 Å². The highest BCUT2D eigenvalue weighted by Gasteiger charge is 2.07. The van der Waals surface area contributed by atoms with Gasteiger partial charge < -0.3 is 16.0 Å². The summed E-state index contributed by atoms with van der Waals surface area (Å²) in [4.78, 5) is 11.0. The molecule has 0 amide bonds. The first-order valence-electron chi connectivity index (χ1n) is 3.48. The summed E-state index contributed by atoms with van der Waals surface area (Å²) < 4.78 is 4.66. The number of carbonyl (C=O) groups excluding carboxylic acids is 1. The summed E-state index contributed by atoms with van der Waals surface area (Å²) in [6, 6.07) is 0. The highest BCUT2D eigenvalue weighted by Crippen LogP contribution is 2.03. The monoisotopic (exact) mass is 185 g/mol. The number of carbonyl (C=O) groups is 1. The molecule has 0 aromatic rings. The Hall–Kier alpha value is -1.55. The predicted octanol–water partition coefficient (Wildman–Crippen LogP) is 1.90. The standard InChI is InChI=1S/C9H12O3.H3N/c1-3-5-8(7-10)9(11)12-6-4-2;/h3-4,7,10H,1-2,5-6H2;1H3. The summed E-state index contributed by atoms with van der Waals surface area (Å²) in [6.07, 6.45) is 4.00. The quantitative estimate of drug-likeness (QED) is 0.296. The zero-order chi connectivity index (χ0) is 9.40. The van der Waals surface area contributed by atoms with E-state index in [0.29, 0.717) is 6.42 Å². The fourth-order valence-electron chi connectivity index (χ4n) is 0.572. The summed E-state index contributed by atoms with van der Waals surface area (Å²) >= 11 is 0. The molecule has 74 valence electrons. The molecule has 0 aromatic heterocycles. The maximum absolute atomic E-state index is 11.0. The molecule has 0 fully saturated rings. The molecule has 0 radical (unpaired) electrons. The Balaban J connectivity index is 0. The average molecular weight is 185 g/mol. The van der Waals surface area contributed by atoms with Crippen LogP contribution in [0.5, 0.6) is 0 Å². The molecular formula is C9H15NO3. The molecule has 0 atom stereocenters. The van der Waals surface area contributed by atoms with Gasteiger partial charge in [-0.25, -0.2) is 4.79 Å². The molecule has 0 aliphatic heterocycles. The minimum Gasteiger partial charge on any atom is -0.515 e. The van der Waals surface area contributed by atoms with Crippen LogP contribution in [0.2, 0.25) is 0 Å². The Labute approximate surface area is 77.8 Å². The average Bonchev–Trinajstić information content (AvgIpc) is 2.10. The number of aliphatic hydroxyl groups excluding tert-OH is 1. The van der Waals surface area contributed by atoms with Crippen molar-refractivity contribution in [1.82, 2.24) is 6.15 Å². The number of allylic oxidation sites excluding steroid dienone is 1. The van der Waals surface area contributed by atoms with E-state index in [2.05, 4.69) is 17.9 Å². The predicted molar refractivity (Wildman–Crippen MR) is 51.7 cm³/mol. The molecule has 4 N–H and O–H groups in total. The molecule has 0 aliphatic carbocycles. The maximum atomic E-state index is 11.0. The fourth-order valence-corrected chi connectivity index (χ4v) is 0.572. The van der Waals surface area contributed by atoms with E-state index in [4.69, 9.17) is 5.11 Å². The summed E-state index contributed by atoms with van der Waals surface area (Å²) in [7, 11) is 0. The van der Waals surface area contributed by atoms with Crippen LogP contribution in [0.25, 0.3) is 0 Å². The van der Waals surface area contributed by atoms with Crippen LogP contribution in [0, 0.1) is 0 Å². The van der Waals surface area contributed by atoms with Crippen LogP contribution in [0.3, 0.4) is 0 Å². The molecule has 0 aliphatic rings. The number of esters is 1. The normalized spacial score (nSPS) is 9.69. The van der Waals surface area contributed by atoms with Crippen molar-refractivity contribution in [2.45, 2.75) is 6.42 Å². The van der Waals surface area contributed by atoms with E-state index >= 15 is 0 Å². The second-order valence-corrected chi connectivity index (χ2v) is 2.03. The Morgan fingerprint density at radius 2 is 2.00 bits per heavy atom. The van der Waals surface area contributed by atoms with Gasteiger partial charge in [-0.05, 0) is 0 Å². The van der Waals surface area contributed by atoms with Crippen molar-refractivity contribution >= 4 is 5.97 Å². The summed E-state index contributed by atoms with van der Waals surface area (Å²) in [5, 5.41) is 8.59. The molecule has 4 nitrogen and oxygen atoms in total. The molecule has 13 heavy (non-hydrogen) atoms. The Kier molecular flexibility index (Phi) is 9.20. The van der Waals surface area contributed by atoms with Crippen LogP contribution < -0.4 is 6.15 Å². The molecule has 0 aromatic carbocycles. The van der Waals surface area contributed by atoms with E-state index in [0.717, 1.165) is 6.26 Å². The van der Waals surface area contributed by atoms with Gasteiger partial charge in [0.25, 0.3) is 0 Å². The lowest BCUT2D eigenvalue weighted by Crippen LogP contribution is -2.07. The number of hydrogen-bond donors (Lipinski definition) is 2. The summed E-state index contributed by atoms with van der Waals surface area (Å²) in [5.74, 6) is -0.544. The van der Waals surface area contributed by atoms with Gasteiger partial charge in [0.2, 0.25) is 0 Å². The third-order valence-electron chi connectivity index (χ3n) is 1.11. The van der Waals surface area contributed by atoms with Crippen LogP contribution in [0.4, 0.5) is 0 Å². The SMILES string of the molecule is C=CCOC(=O)C(=CO)CC=C.N. The third-order valence-corrected chi connectivity index (χ3v) is 1.11. The zero-order valence-corrected chi connectivity index (χ0v) is 7.53. The van der Waals surface area contributed by atoms with Crippen LogP contribution in [0.1, 0.15) is 6.42 Å². The van der Waals surface area contributed by atoms with Crippen molar-refractivity contribution in [3.63, 3.8) is 0 Å². The van der Waals surface area contributed by atoms with Crippen LogP contribution in [-0.4, -0.2) is 17.7 Å². The van der Waals surface area contributed by atoms with Gasteiger partial charge in [0, 0.05) is 6.42 Å². The lowest BCUT2D eigenvalue weighted by Gasteiger charge is -2.01. The zero-order valence-electron chi connectivity index (χ0n) is 7.53. The molecule has 0 rings (SSSR count). The number of aliphatic hydroxyl groups is 1. The van der Waals surface area contributed by atoms with Crippen molar-refractivity contribution in [2.75, 3.05) is 6.61 Å². The topological polar surface area (TPSA) is 81.5 Å². The summed E-state index contributed by atoms with van der Waals surface area (Å²) in [5.41, 5.74) is 0.187. The molecular weight excluding hydrogens is 170 g/mol. The van der Waals surface area contributed by atoms with Gasteiger partial charge in [-0.3, -0.25) is 0 Å². The Morgan fingerprint density at radius 3 is 2.38 bits per heavy atom. The lowest BCUT2D eigenvalue weighted by atomic mass is 10.2. The van der Waals surface area contributed by atoms with Gasteiger partial charge >= 0.3 is 5.97 Å². The number of hydrogen-bond acceptors (Lipinski definition) is 4. The van der Waals surface area contributed by atoms with E-state index in [-0.39, 0.29) is 18.3 Å². The first kappa shape index (κ1) is 14.0. The summed E-state index contributed by atoms with van der Waals surface area (Å²) in [6.45, 7) is 6.96. The minimum absolute atomic E-state index is 0. The molecule has 0 heterocycles. The molecule has 4 heteroatoms. The largest absolute Gasteiger partial charge is 0.515 e. The van der Waals surface area contributed by atoms with Crippen molar-refractivity contribution in [3.8, 4) is 0 Å². The van der Waals surface area contributed by atoms with Crippen LogP contribution in [0.15, 0.2) is 37.1 Å². The van der Waals surface area contributed by atoms with Gasteiger partial charge in [0.15, 0.2) is 0 Å². The van der Waals surface area contributed by atoms with Gasteiger partial charge in [0.1, 0.15) is 6.61 Å². The maximum Gasteiger partial charge on any atom is 0.337 e. The van der Waals surface area contributed by atoms with Crippen molar-refractivity contribution in [2.24, 2.45) is 0 Å². The highest BCUT2D eigenvalue weighted by molar-refractivity contribution is 5.88. The fraction of sp³-hybridized carbons (Fsp3) is 0.222. The molecule has 0 spiro atoms. The van der Waals surface area contributed by atoms with E-state index in [1.807, 2.05) is 0 Å². The van der Waals surface area contributed by atoms with Crippen molar-refractivity contribution in [1.29, 1.82) is 0 Å². The second-order valence-electron chi connectivity index (χ2n) is 2.03. The smallest absolute Gasteiger partial charge is 0.337 e. The van der Waals surface area contributed by atoms with E-state index < -0.39 is 5.97 Å². The van der Waals surface area contributed by atoms with Gasteiger partial charge in [-0.2, -0.15) is 0 Å². The Bertz CT molecular complexity index is 209. The van der Waals surface area contributed by atoms with Crippen molar-refractivity contribution < 1.29 is 14.6 Å². The molecule has 0 saturated carbocycles. The lowest BCUT2D eigenvalue weighted by molar-refractivity contribution is -0.138. The molecule has 0 bridgehead atoms. The van der Waals surface area contributed by atoms with E-state index in [1.54, 1.807) is 0 Å². The minimum atomic E-state index is -0.544.